The van der Waals surface area contributed by atoms with E-state index in [-0.39, 0.29) is 4.90 Å². The molecule has 0 bridgehead atoms. The van der Waals surface area contributed by atoms with Gasteiger partial charge in [-0.3, -0.25) is 0 Å². The minimum atomic E-state index is -3.76. The molecule has 0 aliphatic heterocycles. The van der Waals surface area contributed by atoms with E-state index in [9.17, 15) is 17.2 Å². The topological polar surface area (TPSA) is 65.1 Å². The monoisotopic (exact) mass is 424 g/mol. The normalized spacial score (nSPS) is 11.6. The molecule has 0 saturated heterocycles. The number of primary sulfonamides is 1. The van der Waals surface area contributed by atoms with Gasteiger partial charge in [-0.1, -0.05) is 24.3 Å². The average molecular weight is 424 g/mol. The molecule has 3 aromatic carbocycles. The zero-order valence-electron chi connectivity index (χ0n) is 16.0. The fourth-order valence-electron chi connectivity index (χ4n) is 3.45. The van der Waals surface area contributed by atoms with E-state index in [0.29, 0.717) is 11.1 Å². The van der Waals surface area contributed by atoms with Crippen molar-refractivity contribution in [2.45, 2.75) is 11.8 Å². The molecule has 0 spiro atoms. The second-order valence-corrected chi connectivity index (χ2v) is 8.53. The third kappa shape index (κ3) is 3.90. The lowest BCUT2D eigenvalue weighted by molar-refractivity contribution is 0.584. The number of benzene rings is 3. The van der Waals surface area contributed by atoms with Crippen LogP contribution in [0, 0.1) is 18.6 Å². The first kappa shape index (κ1) is 20.0. The Bertz CT molecular complexity index is 1310. The number of nitrogens with two attached hydrogens (primary N) is 1. The van der Waals surface area contributed by atoms with Crippen LogP contribution < -0.4 is 5.14 Å². The number of rotatable bonds is 4. The number of halogens is 2. The number of sulfonamides is 1. The van der Waals surface area contributed by atoms with Crippen LogP contribution >= 0.6 is 0 Å². The van der Waals surface area contributed by atoms with E-state index in [1.807, 2.05) is 35.8 Å². The summed E-state index contributed by atoms with van der Waals surface area (Å²) in [5, 5.41) is 5.18. The van der Waals surface area contributed by atoms with E-state index in [1.54, 1.807) is 24.3 Å². The van der Waals surface area contributed by atoms with Crippen molar-refractivity contribution in [2.75, 3.05) is 0 Å². The predicted octanol–water partition coefficient (Wildman–Crippen LogP) is 5.05. The minimum Gasteiger partial charge on any atom is -0.314 e. The second kappa shape index (κ2) is 7.51. The number of hydrogen-bond donors (Lipinski definition) is 1. The first-order valence-corrected chi connectivity index (χ1v) is 10.7. The SMILES string of the molecule is Cc1ccc(-c2ccc(-c3cc(F)cc(F)c3)cc2)n1-c1ccc(S(N)(=O)=O)cc1. The summed E-state index contributed by atoms with van der Waals surface area (Å²) in [6, 6.07) is 21.0. The molecule has 4 rings (SSSR count). The first-order valence-electron chi connectivity index (χ1n) is 9.11. The molecule has 2 N–H and O–H groups in total. The molecule has 4 aromatic rings. The van der Waals surface area contributed by atoms with Gasteiger partial charge >= 0.3 is 0 Å². The van der Waals surface area contributed by atoms with Crippen LogP contribution in [-0.4, -0.2) is 13.0 Å². The standard InChI is InChI=1S/C23H18F2N2O2S/c1-15-2-11-23(27(15)21-7-9-22(10-8-21)30(26,28)29)17-5-3-16(4-6-17)18-12-19(24)14-20(25)13-18/h2-14H,1H3,(H2,26,28,29). The van der Waals surface area contributed by atoms with Gasteiger partial charge < -0.3 is 4.57 Å². The van der Waals surface area contributed by atoms with Crippen molar-refractivity contribution in [3.8, 4) is 28.1 Å². The maximum absolute atomic E-state index is 13.5. The van der Waals surface area contributed by atoms with Crippen LogP contribution in [0.25, 0.3) is 28.1 Å². The van der Waals surface area contributed by atoms with Gasteiger partial charge in [0.05, 0.1) is 10.6 Å². The molecule has 4 nitrogen and oxygen atoms in total. The molecule has 0 atom stereocenters. The van der Waals surface area contributed by atoms with Gasteiger partial charge in [-0.05, 0) is 72.1 Å². The molecular weight excluding hydrogens is 406 g/mol. The van der Waals surface area contributed by atoms with Crippen molar-refractivity contribution >= 4 is 10.0 Å². The highest BCUT2D eigenvalue weighted by molar-refractivity contribution is 7.89. The van der Waals surface area contributed by atoms with Crippen molar-refractivity contribution in [1.29, 1.82) is 0 Å². The van der Waals surface area contributed by atoms with Gasteiger partial charge in [0, 0.05) is 17.4 Å². The Morgan fingerprint density at radius 1 is 0.733 bits per heavy atom. The Labute approximate surface area is 173 Å². The summed E-state index contributed by atoms with van der Waals surface area (Å²) >= 11 is 0. The number of nitrogens with zero attached hydrogens (tertiary/aromatic N) is 1. The summed E-state index contributed by atoms with van der Waals surface area (Å²) in [6.45, 7) is 1.95. The van der Waals surface area contributed by atoms with Crippen molar-refractivity contribution in [1.82, 2.24) is 4.57 Å². The molecule has 152 valence electrons. The van der Waals surface area contributed by atoms with Gasteiger partial charge in [0.2, 0.25) is 10.0 Å². The van der Waals surface area contributed by atoms with Crippen LogP contribution in [0.4, 0.5) is 8.78 Å². The summed E-state index contributed by atoms with van der Waals surface area (Å²) in [6.07, 6.45) is 0. The zero-order valence-corrected chi connectivity index (χ0v) is 16.8. The van der Waals surface area contributed by atoms with Gasteiger partial charge in [-0.25, -0.2) is 22.3 Å². The lowest BCUT2D eigenvalue weighted by atomic mass is 10.0. The van der Waals surface area contributed by atoms with Crippen LogP contribution in [0.5, 0.6) is 0 Å². The average Bonchev–Trinajstić information content (AvgIpc) is 3.08. The zero-order chi connectivity index (χ0) is 21.5. The summed E-state index contributed by atoms with van der Waals surface area (Å²) in [7, 11) is -3.76. The van der Waals surface area contributed by atoms with E-state index < -0.39 is 21.7 Å². The molecule has 0 radical (unpaired) electrons. The molecule has 7 heteroatoms. The Morgan fingerprint density at radius 2 is 1.30 bits per heavy atom. The molecule has 30 heavy (non-hydrogen) atoms. The minimum absolute atomic E-state index is 0.0456. The first-order chi connectivity index (χ1) is 14.2. The molecule has 0 aliphatic carbocycles. The smallest absolute Gasteiger partial charge is 0.238 e. The van der Waals surface area contributed by atoms with Gasteiger partial charge in [0.25, 0.3) is 0 Å². The maximum Gasteiger partial charge on any atom is 0.238 e. The molecule has 0 unspecified atom stereocenters. The van der Waals surface area contributed by atoms with E-state index in [4.69, 9.17) is 5.14 Å². The Kier molecular flexibility index (Phi) is 5.01. The molecule has 1 heterocycles. The van der Waals surface area contributed by atoms with Crippen molar-refractivity contribution in [2.24, 2.45) is 5.14 Å². The fourth-order valence-corrected chi connectivity index (χ4v) is 3.96. The molecule has 0 amide bonds. The second-order valence-electron chi connectivity index (χ2n) is 6.97. The Morgan fingerprint density at radius 3 is 1.87 bits per heavy atom. The largest absolute Gasteiger partial charge is 0.314 e. The van der Waals surface area contributed by atoms with Crippen LogP contribution in [0.3, 0.4) is 0 Å². The lowest BCUT2D eigenvalue weighted by Crippen LogP contribution is -2.12. The van der Waals surface area contributed by atoms with E-state index >= 15 is 0 Å². The van der Waals surface area contributed by atoms with E-state index in [1.165, 1.54) is 24.3 Å². The van der Waals surface area contributed by atoms with Crippen LogP contribution in [0.2, 0.25) is 0 Å². The van der Waals surface area contributed by atoms with E-state index in [0.717, 1.165) is 28.7 Å². The summed E-state index contributed by atoms with van der Waals surface area (Å²) < 4.78 is 52.0. The highest BCUT2D eigenvalue weighted by Crippen LogP contribution is 2.29. The van der Waals surface area contributed by atoms with Crippen molar-refractivity contribution in [3.05, 3.63) is 96.2 Å². The summed E-state index contributed by atoms with van der Waals surface area (Å²) in [5.74, 6) is -1.25. The predicted molar refractivity (Wildman–Crippen MR) is 113 cm³/mol. The van der Waals surface area contributed by atoms with Crippen LogP contribution in [0.1, 0.15) is 5.69 Å². The van der Waals surface area contributed by atoms with Crippen molar-refractivity contribution in [3.63, 3.8) is 0 Å². The van der Waals surface area contributed by atoms with Gasteiger partial charge in [-0.15, -0.1) is 0 Å². The third-order valence-electron chi connectivity index (χ3n) is 4.88. The van der Waals surface area contributed by atoms with Crippen LogP contribution in [0.15, 0.2) is 83.8 Å². The van der Waals surface area contributed by atoms with Crippen LogP contribution in [-0.2, 0) is 10.0 Å². The molecule has 0 fully saturated rings. The van der Waals surface area contributed by atoms with Gasteiger partial charge in [0.15, 0.2) is 0 Å². The summed E-state index contributed by atoms with van der Waals surface area (Å²) in [5.41, 5.74) is 4.71. The summed E-state index contributed by atoms with van der Waals surface area (Å²) in [4.78, 5) is 0.0456. The van der Waals surface area contributed by atoms with Crippen molar-refractivity contribution < 1.29 is 17.2 Å². The third-order valence-corrected chi connectivity index (χ3v) is 5.81. The highest BCUT2D eigenvalue weighted by Gasteiger charge is 2.12. The lowest BCUT2D eigenvalue weighted by Gasteiger charge is -2.13. The van der Waals surface area contributed by atoms with E-state index in [2.05, 4.69) is 0 Å². The number of aromatic nitrogens is 1. The highest BCUT2D eigenvalue weighted by atomic mass is 32.2. The molecule has 1 aromatic heterocycles. The fraction of sp³-hybridized carbons (Fsp3) is 0.0435. The maximum atomic E-state index is 13.5. The number of aryl methyl sites for hydroxylation is 1. The Hall–Kier alpha value is -3.29. The molecule has 0 saturated carbocycles. The molecule has 0 aliphatic rings. The van der Waals surface area contributed by atoms with Gasteiger partial charge in [0.1, 0.15) is 11.6 Å². The molecular formula is C23H18F2N2O2S. The quantitative estimate of drug-likeness (QED) is 0.499. The Balaban J connectivity index is 1.72. The van der Waals surface area contributed by atoms with Gasteiger partial charge in [-0.2, -0.15) is 0 Å². The number of hydrogen-bond acceptors (Lipinski definition) is 2.